The summed E-state index contributed by atoms with van der Waals surface area (Å²) in [5.41, 5.74) is 2.82. The summed E-state index contributed by atoms with van der Waals surface area (Å²) in [5, 5.41) is 13.4. The molecule has 3 rings (SSSR count). The van der Waals surface area contributed by atoms with Gasteiger partial charge in [0.2, 0.25) is 0 Å². The van der Waals surface area contributed by atoms with E-state index in [1.54, 1.807) is 20.5 Å². The summed E-state index contributed by atoms with van der Waals surface area (Å²) in [6, 6.07) is 11.5. The maximum Gasteiger partial charge on any atom is 0.160 e. The molecule has 1 aromatic heterocycles. The standard InChI is InChI=1S/C20H25N3O4/c1-25-17-7-6-14(10-19(17)26-2)8-9-21-11-15(24)12-27-18-5-3-4-16-20(18)23-13-22-16/h3-7,10,13,15,21,24H,8-9,11-12H2,1-2H3,(H,22,23). The van der Waals surface area contributed by atoms with E-state index >= 15 is 0 Å². The number of fused-ring (bicyclic) bond motifs is 1. The van der Waals surface area contributed by atoms with Crippen molar-refractivity contribution in [3.63, 3.8) is 0 Å². The Morgan fingerprint density at radius 2 is 1.96 bits per heavy atom. The van der Waals surface area contributed by atoms with Gasteiger partial charge in [0.1, 0.15) is 24.0 Å². The molecular weight excluding hydrogens is 346 g/mol. The van der Waals surface area contributed by atoms with Gasteiger partial charge < -0.3 is 29.6 Å². The zero-order valence-corrected chi connectivity index (χ0v) is 15.6. The first-order valence-corrected chi connectivity index (χ1v) is 8.86. The van der Waals surface area contributed by atoms with Crippen LogP contribution in [0.25, 0.3) is 11.0 Å². The molecule has 7 heteroatoms. The Kier molecular flexibility index (Phi) is 6.51. The van der Waals surface area contributed by atoms with Gasteiger partial charge in [-0.3, -0.25) is 0 Å². The van der Waals surface area contributed by atoms with Crippen LogP contribution in [0.3, 0.4) is 0 Å². The SMILES string of the molecule is COc1ccc(CCNCC(O)COc2cccc3[nH]cnc23)cc1OC. The van der Waals surface area contributed by atoms with E-state index < -0.39 is 6.10 Å². The van der Waals surface area contributed by atoms with Gasteiger partial charge >= 0.3 is 0 Å². The second-order valence-electron chi connectivity index (χ2n) is 6.16. The van der Waals surface area contributed by atoms with E-state index in [9.17, 15) is 5.11 Å². The van der Waals surface area contributed by atoms with Crippen molar-refractivity contribution in [2.45, 2.75) is 12.5 Å². The van der Waals surface area contributed by atoms with Crippen molar-refractivity contribution in [3.05, 3.63) is 48.3 Å². The number of methoxy groups -OCH3 is 2. The molecule has 1 heterocycles. The van der Waals surface area contributed by atoms with Gasteiger partial charge in [0, 0.05) is 6.54 Å². The summed E-state index contributed by atoms with van der Waals surface area (Å²) < 4.78 is 16.3. The van der Waals surface area contributed by atoms with E-state index in [4.69, 9.17) is 14.2 Å². The van der Waals surface area contributed by atoms with Crippen LogP contribution in [0.5, 0.6) is 17.2 Å². The van der Waals surface area contributed by atoms with Gasteiger partial charge in [-0.15, -0.1) is 0 Å². The van der Waals surface area contributed by atoms with Crippen molar-refractivity contribution in [3.8, 4) is 17.2 Å². The average Bonchev–Trinajstić information content (AvgIpc) is 3.18. The number of imidazole rings is 1. The Morgan fingerprint density at radius 1 is 1.11 bits per heavy atom. The lowest BCUT2D eigenvalue weighted by atomic mass is 10.1. The smallest absolute Gasteiger partial charge is 0.160 e. The largest absolute Gasteiger partial charge is 0.493 e. The van der Waals surface area contributed by atoms with Crippen molar-refractivity contribution >= 4 is 11.0 Å². The van der Waals surface area contributed by atoms with E-state index in [-0.39, 0.29) is 6.61 Å². The molecule has 0 bridgehead atoms. The summed E-state index contributed by atoms with van der Waals surface area (Å²) in [7, 11) is 3.24. The molecule has 2 aromatic carbocycles. The zero-order chi connectivity index (χ0) is 19.1. The monoisotopic (exact) mass is 371 g/mol. The number of aliphatic hydroxyl groups is 1. The molecule has 0 aliphatic heterocycles. The van der Waals surface area contributed by atoms with Gasteiger partial charge in [0.15, 0.2) is 11.5 Å². The lowest BCUT2D eigenvalue weighted by Crippen LogP contribution is -2.32. The number of benzene rings is 2. The minimum Gasteiger partial charge on any atom is -0.493 e. The molecule has 0 fully saturated rings. The van der Waals surface area contributed by atoms with Gasteiger partial charge in [-0.2, -0.15) is 0 Å². The maximum atomic E-state index is 10.1. The van der Waals surface area contributed by atoms with E-state index in [0.29, 0.717) is 18.0 Å². The van der Waals surface area contributed by atoms with Crippen LogP contribution in [0.2, 0.25) is 0 Å². The highest BCUT2D eigenvalue weighted by Gasteiger charge is 2.09. The molecule has 0 saturated heterocycles. The highest BCUT2D eigenvalue weighted by Crippen LogP contribution is 2.27. The van der Waals surface area contributed by atoms with Crippen LogP contribution in [0.4, 0.5) is 0 Å². The van der Waals surface area contributed by atoms with Crippen molar-refractivity contribution in [2.24, 2.45) is 0 Å². The maximum absolute atomic E-state index is 10.1. The number of H-pyrrole nitrogens is 1. The van der Waals surface area contributed by atoms with Crippen LogP contribution in [0.1, 0.15) is 5.56 Å². The van der Waals surface area contributed by atoms with Crippen molar-refractivity contribution in [2.75, 3.05) is 33.9 Å². The van der Waals surface area contributed by atoms with Crippen LogP contribution in [0.15, 0.2) is 42.7 Å². The third kappa shape index (κ3) is 4.90. The molecule has 3 aromatic rings. The Hall–Kier alpha value is -2.77. The van der Waals surface area contributed by atoms with Gasteiger partial charge in [-0.1, -0.05) is 12.1 Å². The second-order valence-corrected chi connectivity index (χ2v) is 6.16. The third-order valence-corrected chi connectivity index (χ3v) is 4.26. The fraction of sp³-hybridized carbons (Fsp3) is 0.350. The summed E-state index contributed by atoms with van der Waals surface area (Å²) in [6.07, 6.45) is 1.84. The number of aromatic nitrogens is 2. The first kappa shape index (κ1) is 19.0. The lowest BCUT2D eigenvalue weighted by molar-refractivity contribution is 0.107. The molecule has 27 heavy (non-hydrogen) atoms. The predicted octanol–water partition coefficient (Wildman–Crippen LogP) is 2.15. The van der Waals surface area contributed by atoms with E-state index in [1.807, 2.05) is 36.4 Å². The number of aliphatic hydroxyl groups excluding tert-OH is 1. The Labute approximate surface area is 158 Å². The highest BCUT2D eigenvalue weighted by atomic mass is 16.5. The van der Waals surface area contributed by atoms with Gasteiger partial charge in [0.25, 0.3) is 0 Å². The van der Waals surface area contributed by atoms with Gasteiger partial charge in [-0.25, -0.2) is 4.98 Å². The normalized spacial score (nSPS) is 12.1. The summed E-state index contributed by atoms with van der Waals surface area (Å²) in [6.45, 7) is 1.39. The number of hydrogen-bond acceptors (Lipinski definition) is 6. The fourth-order valence-electron chi connectivity index (χ4n) is 2.84. The fourth-order valence-corrected chi connectivity index (χ4v) is 2.84. The molecule has 0 radical (unpaired) electrons. The Balaban J connectivity index is 1.41. The number of rotatable bonds is 10. The summed E-state index contributed by atoms with van der Waals surface area (Å²) >= 11 is 0. The minimum atomic E-state index is -0.607. The van der Waals surface area contributed by atoms with Crippen LogP contribution in [-0.4, -0.2) is 55.1 Å². The third-order valence-electron chi connectivity index (χ3n) is 4.26. The van der Waals surface area contributed by atoms with Crippen LogP contribution < -0.4 is 19.5 Å². The molecular formula is C20H25N3O4. The van der Waals surface area contributed by atoms with E-state index in [1.165, 1.54) is 0 Å². The quantitative estimate of drug-likeness (QED) is 0.473. The highest BCUT2D eigenvalue weighted by molar-refractivity contribution is 5.81. The number of ether oxygens (including phenoxy) is 3. The van der Waals surface area contributed by atoms with Gasteiger partial charge in [0.05, 0.1) is 26.1 Å². The topological polar surface area (TPSA) is 88.6 Å². The van der Waals surface area contributed by atoms with Crippen molar-refractivity contribution < 1.29 is 19.3 Å². The number of para-hydroxylation sites is 1. The van der Waals surface area contributed by atoms with Crippen LogP contribution in [0, 0.1) is 0 Å². The minimum absolute atomic E-state index is 0.204. The zero-order valence-electron chi connectivity index (χ0n) is 15.6. The molecule has 0 spiro atoms. The molecule has 144 valence electrons. The number of aromatic amines is 1. The second kappa shape index (κ2) is 9.25. The van der Waals surface area contributed by atoms with Crippen LogP contribution in [-0.2, 0) is 6.42 Å². The molecule has 0 saturated carbocycles. The summed E-state index contributed by atoms with van der Waals surface area (Å²) in [4.78, 5) is 7.27. The van der Waals surface area contributed by atoms with E-state index in [2.05, 4.69) is 15.3 Å². The number of nitrogens with zero attached hydrogens (tertiary/aromatic N) is 1. The van der Waals surface area contributed by atoms with Crippen molar-refractivity contribution in [1.82, 2.24) is 15.3 Å². The molecule has 1 atom stereocenters. The molecule has 3 N–H and O–H groups in total. The average molecular weight is 371 g/mol. The molecule has 0 aliphatic rings. The Morgan fingerprint density at radius 3 is 2.78 bits per heavy atom. The van der Waals surface area contributed by atoms with E-state index in [0.717, 1.165) is 35.3 Å². The molecule has 0 amide bonds. The number of hydrogen-bond donors (Lipinski definition) is 3. The predicted molar refractivity (Wildman–Crippen MR) is 104 cm³/mol. The van der Waals surface area contributed by atoms with Crippen LogP contribution >= 0.6 is 0 Å². The Bertz CT molecular complexity index is 865. The lowest BCUT2D eigenvalue weighted by Gasteiger charge is -2.14. The summed E-state index contributed by atoms with van der Waals surface area (Å²) in [5.74, 6) is 2.10. The first-order chi connectivity index (χ1) is 13.2. The molecule has 0 aliphatic carbocycles. The molecule has 1 unspecified atom stereocenters. The van der Waals surface area contributed by atoms with Gasteiger partial charge in [-0.05, 0) is 42.8 Å². The first-order valence-electron chi connectivity index (χ1n) is 8.86. The van der Waals surface area contributed by atoms with Crippen molar-refractivity contribution in [1.29, 1.82) is 0 Å². The molecule has 7 nitrogen and oxygen atoms in total. The number of nitrogens with one attached hydrogen (secondary N) is 2.